The van der Waals surface area contributed by atoms with E-state index in [0.717, 1.165) is 19.4 Å². The first kappa shape index (κ1) is 13.6. The Morgan fingerprint density at radius 3 is 2.83 bits per heavy atom. The van der Waals surface area contributed by atoms with Crippen LogP contribution >= 0.6 is 0 Å². The van der Waals surface area contributed by atoms with Crippen molar-refractivity contribution in [2.24, 2.45) is 0 Å². The van der Waals surface area contributed by atoms with E-state index in [1.807, 2.05) is 0 Å². The molecule has 2 heteroatoms. The Hall–Kier alpha value is -0.860. The van der Waals surface area contributed by atoms with Crippen molar-refractivity contribution in [3.63, 3.8) is 0 Å². The highest BCUT2D eigenvalue weighted by Gasteiger charge is 2.20. The lowest BCUT2D eigenvalue weighted by Crippen LogP contribution is -2.34. The summed E-state index contributed by atoms with van der Waals surface area (Å²) in [6.07, 6.45) is 7.76. The van der Waals surface area contributed by atoms with E-state index >= 15 is 0 Å². The molecule has 0 saturated heterocycles. The molecule has 2 unspecified atom stereocenters. The third-order valence-corrected chi connectivity index (χ3v) is 3.84. The molecule has 1 N–H and O–H groups in total. The molecule has 1 aliphatic carbocycles. The van der Waals surface area contributed by atoms with Gasteiger partial charge in [-0.15, -0.1) is 0 Å². The Balaban J connectivity index is 1.60. The van der Waals surface area contributed by atoms with Crippen molar-refractivity contribution < 1.29 is 4.74 Å². The molecule has 0 aliphatic heterocycles. The lowest BCUT2D eigenvalue weighted by atomic mass is 9.93. The molecule has 1 fully saturated rings. The second kappa shape index (κ2) is 7.55. The molecule has 0 radical (unpaired) electrons. The Kier molecular flexibility index (Phi) is 5.69. The highest BCUT2D eigenvalue weighted by atomic mass is 16.5. The van der Waals surface area contributed by atoms with Crippen molar-refractivity contribution >= 4 is 0 Å². The fourth-order valence-electron chi connectivity index (χ4n) is 2.73. The van der Waals surface area contributed by atoms with Gasteiger partial charge in [0.2, 0.25) is 0 Å². The zero-order chi connectivity index (χ0) is 12.6. The lowest BCUT2D eigenvalue weighted by Gasteiger charge is -2.28. The van der Waals surface area contributed by atoms with Gasteiger partial charge in [-0.3, -0.25) is 0 Å². The smallest absolute Gasteiger partial charge is 0.0590 e. The third-order valence-electron chi connectivity index (χ3n) is 3.84. The summed E-state index contributed by atoms with van der Waals surface area (Å²) in [4.78, 5) is 0. The maximum atomic E-state index is 6.00. The van der Waals surface area contributed by atoms with E-state index in [2.05, 4.69) is 42.7 Å². The quantitative estimate of drug-likeness (QED) is 0.780. The van der Waals surface area contributed by atoms with Gasteiger partial charge in [-0.2, -0.15) is 0 Å². The van der Waals surface area contributed by atoms with E-state index in [9.17, 15) is 0 Å². The van der Waals surface area contributed by atoms with E-state index in [1.165, 1.54) is 31.2 Å². The van der Waals surface area contributed by atoms with Gasteiger partial charge in [0, 0.05) is 12.6 Å². The van der Waals surface area contributed by atoms with Gasteiger partial charge >= 0.3 is 0 Å². The molecule has 18 heavy (non-hydrogen) atoms. The topological polar surface area (TPSA) is 21.3 Å². The van der Waals surface area contributed by atoms with Crippen molar-refractivity contribution in [3.05, 3.63) is 35.9 Å². The molecule has 1 aliphatic rings. The Morgan fingerprint density at radius 1 is 1.22 bits per heavy atom. The monoisotopic (exact) mass is 247 g/mol. The molecule has 0 heterocycles. The fraction of sp³-hybridized carbons (Fsp3) is 0.625. The van der Waals surface area contributed by atoms with Gasteiger partial charge in [0.25, 0.3) is 0 Å². The summed E-state index contributed by atoms with van der Waals surface area (Å²) in [5.41, 5.74) is 1.41. The number of aryl methyl sites for hydroxylation is 1. The van der Waals surface area contributed by atoms with E-state index in [4.69, 9.17) is 4.74 Å². The fourth-order valence-corrected chi connectivity index (χ4v) is 2.73. The minimum atomic E-state index is 0.479. The van der Waals surface area contributed by atoms with Crippen LogP contribution in [0.25, 0.3) is 0 Å². The summed E-state index contributed by atoms with van der Waals surface area (Å²) in [6.45, 7) is 0.899. The van der Waals surface area contributed by atoms with Crippen LogP contribution in [0.2, 0.25) is 0 Å². The number of nitrogens with one attached hydrogen (secondary N) is 1. The minimum Gasteiger partial charge on any atom is -0.378 e. The Bertz CT molecular complexity index is 325. The van der Waals surface area contributed by atoms with Crippen LogP contribution in [0.1, 0.15) is 37.7 Å². The molecule has 2 atom stereocenters. The zero-order valence-corrected chi connectivity index (χ0v) is 11.4. The predicted octanol–water partition coefficient (Wildman–Crippen LogP) is 3.17. The summed E-state index contributed by atoms with van der Waals surface area (Å²) in [7, 11) is 2.06. The van der Waals surface area contributed by atoms with Crippen LogP contribution in [-0.4, -0.2) is 25.8 Å². The first-order chi connectivity index (χ1) is 8.88. The molecule has 2 rings (SSSR count). The van der Waals surface area contributed by atoms with Gasteiger partial charge in [-0.25, -0.2) is 0 Å². The van der Waals surface area contributed by atoms with Crippen LogP contribution in [0.4, 0.5) is 0 Å². The molecule has 1 aromatic rings. The molecule has 0 aromatic heterocycles. The molecular formula is C16H25NO. The summed E-state index contributed by atoms with van der Waals surface area (Å²) in [5, 5.41) is 3.37. The van der Waals surface area contributed by atoms with Gasteiger partial charge in [0.15, 0.2) is 0 Å². The summed E-state index contributed by atoms with van der Waals surface area (Å²) in [6, 6.07) is 11.3. The first-order valence-corrected chi connectivity index (χ1v) is 7.21. The van der Waals surface area contributed by atoms with Crippen LogP contribution in [0, 0.1) is 0 Å². The number of hydrogen-bond donors (Lipinski definition) is 1. The molecule has 0 spiro atoms. The van der Waals surface area contributed by atoms with Gasteiger partial charge in [0.1, 0.15) is 0 Å². The summed E-state index contributed by atoms with van der Waals surface area (Å²) in [5.74, 6) is 0. The molecule has 0 bridgehead atoms. The highest BCUT2D eigenvalue weighted by Crippen LogP contribution is 2.21. The number of rotatable bonds is 6. The minimum absolute atomic E-state index is 0.479. The number of hydrogen-bond acceptors (Lipinski definition) is 2. The van der Waals surface area contributed by atoms with Gasteiger partial charge in [-0.05, 0) is 51.1 Å². The van der Waals surface area contributed by atoms with Gasteiger partial charge in [0.05, 0.1) is 6.10 Å². The van der Waals surface area contributed by atoms with E-state index in [0.29, 0.717) is 12.1 Å². The third kappa shape index (κ3) is 4.43. The maximum absolute atomic E-state index is 6.00. The Morgan fingerprint density at radius 2 is 2.06 bits per heavy atom. The zero-order valence-electron chi connectivity index (χ0n) is 11.4. The van der Waals surface area contributed by atoms with Crippen LogP contribution in [-0.2, 0) is 11.2 Å². The van der Waals surface area contributed by atoms with Crippen LogP contribution in [0.15, 0.2) is 30.3 Å². The molecule has 2 nitrogen and oxygen atoms in total. The largest absolute Gasteiger partial charge is 0.378 e. The van der Waals surface area contributed by atoms with E-state index < -0.39 is 0 Å². The molecule has 0 amide bonds. The average Bonchev–Trinajstić information content (AvgIpc) is 2.45. The van der Waals surface area contributed by atoms with Crippen LogP contribution in [0.5, 0.6) is 0 Å². The SMILES string of the molecule is CNC1CCCC(OCCCc2ccccc2)C1. The maximum Gasteiger partial charge on any atom is 0.0590 e. The van der Waals surface area contributed by atoms with Crippen LogP contribution < -0.4 is 5.32 Å². The second-order valence-corrected chi connectivity index (χ2v) is 5.23. The number of ether oxygens (including phenoxy) is 1. The van der Waals surface area contributed by atoms with Gasteiger partial charge < -0.3 is 10.1 Å². The van der Waals surface area contributed by atoms with Crippen molar-refractivity contribution in [1.29, 1.82) is 0 Å². The second-order valence-electron chi connectivity index (χ2n) is 5.23. The average molecular weight is 247 g/mol. The lowest BCUT2D eigenvalue weighted by molar-refractivity contribution is 0.0193. The van der Waals surface area contributed by atoms with Crippen LogP contribution in [0.3, 0.4) is 0 Å². The highest BCUT2D eigenvalue weighted by molar-refractivity contribution is 5.14. The van der Waals surface area contributed by atoms with E-state index in [1.54, 1.807) is 0 Å². The van der Waals surface area contributed by atoms with Crippen molar-refractivity contribution in [3.8, 4) is 0 Å². The van der Waals surface area contributed by atoms with Crippen molar-refractivity contribution in [1.82, 2.24) is 5.32 Å². The summed E-state index contributed by atoms with van der Waals surface area (Å²) >= 11 is 0. The standard InChI is InChI=1S/C16H25NO/c1-17-15-10-5-11-16(13-15)18-12-6-9-14-7-3-2-4-8-14/h2-4,7-8,15-17H,5-6,9-13H2,1H3. The molecule has 1 aromatic carbocycles. The first-order valence-electron chi connectivity index (χ1n) is 7.21. The molecule has 100 valence electrons. The molecular weight excluding hydrogens is 222 g/mol. The normalized spacial score (nSPS) is 24.1. The summed E-state index contributed by atoms with van der Waals surface area (Å²) < 4.78 is 6.00. The number of benzene rings is 1. The van der Waals surface area contributed by atoms with Gasteiger partial charge in [-0.1, -0.05) is 30.3 Å². The van der Waals surface area contributed by atoms with Crippen molar-refractivity contribution in [2.75, 3.05) is 13.7 Å². The predicted molar refractivity (Wildman–Crippen MR) is 75.8 cm³/mol. The van der Waals surface area contributed by atoms with E-state index in [-0.39, 0.29) is 0 Å². The molecule has 1 saturated carbocycles. The van der Waals surface area contributed by atoms with Crippen molar-refractivity contribution in [2.45, 2.75) is 50.7 Å². The Labute approximate surface area is 111 Å².